The van der Waals surface area contributed by atoms with Crippen LogP contribution in [0.25, 0.3) is 0 Å². The van der Waals surface area contributed by atoms with Gasteiger partial charge in [-0.05, 0) is 6.92 Å². The largest absolute Gasteiger partial charge is 0.481 e. The third-order valence-electron chi connectivity index (χ3n) is 3.56. The standard InChI is InChI=1S/C15H22N6O7/c1-7(19-11(22)4-16)13(25)20-9(2-8-5-17-6-18-8)14(26)21-10(15(27)28)3-12(23)24/h5-7,9-10H,2-4,16H2,1H3,(H,17,18)(H,19,22)(H,20,25)(H,21,26)(H,23,24)(H,27,28). The molecule has 0 radical (unpaired) electrons. The van der Waals surface area contributed by atoms with Crippen molar-refractivity contribution < 1.29 is 34.2 Å². The summed E-state index contributed by atoms with van der Waals surface area (Å²) in [6.07, 6.45) is 1.84. The van der Waals surface area contributed by atoms with Crippen molar-refractivity contribution in [3.05, 3.63) is 18.2 Å². The fourth-order valence-electron chi connectivity index (χ4n) is 2.14. The molecule has 3 unspecified atom stereocenters. The first-order valence-electron chi connectivity index (χ1n) is 8.16. The van der Waals surface area contributed by atoms with Crippen LogP contribution in [0.15, 0.2) is 12.5 Å². The molecule has 1 aromatic heterocycles. The van der Waals surface area contributed by atoms with Crippen molar-refractivity contribution in [3.8, 4) is 0 Å². The van der Waals surface area contributed by atoms with E-state index in [1.807, 2.05) is 0 Å². The zero-order chi connectivity index (χ0) is 21.3. The lowest BCUT2D eigenvalue weighted by molar-refractivity contribution is -0.147. The van der Waals surface area contributed by atoms with Crippen LogP contribution in [0.2, 0.25) is 0 Å². The van der Waals surface area contributed by atoms with Gasteiger partial charge in [-0.3, -0.25) is 19.2 Å². The summed E-state index contributed by atoms with van der Waals surface area (Å²) in [5.74, 6) is -5.16. The van der Waals surface area contributed by atoms with E-state index in [1.165, 1.54) is 19.4 Å². The molecule has 13 heteroatoms. The minimum Gasteiger partial charge on any atom is -0.481 e. The number of imidazole rings is 1. The maximum atomic E-state index is 12.5. The second kappa shape index (κ2) is 10.6. The summed E-state index contributed by atoms with van der Waals surface area (Å²) in [7, 11) is 0. The number of rotatable bonds is 11. The molecule has 0 aliphatic heterocycles. The molecular formula is C15H22N6O7. The van der Waals surface area contributed by atoms with Gasteiger partial charge in [0.05, 0.1) is 19.3 Å². The van der Waals surface area contributed by atoms with Crippen molar-refractivity contribution in [3.63, 3.8) is 0 Å². The molecule has 8 N–H and O–H groups in total. The summed E-state index contributed by atoms with van der Waals surface area (Å²) in [4.78, 5) is 64.5. The summed E-state index contributed by atoms with van der Waals surface area (Å²) in [6, 6.07) is -3.94. The molecule has 0 aliphatic rings. The smallest absolute Gasteiger partial charge is 0.326 e. The van der Waals surface area contributed by atoms with Gasteiger partial charge in [0.1, 0.15) is 18.1 Å². The van der Waals surface area contributed by atoms with Crippen LogP contribution < -0.4 is 21.7 Å². The lowest BCUT2D eigenvalue weighted by atomic mass is 10.1. The highest BCUT2D eigenvalue weighted by atomic mass is 16.4. The third-order valence-corrected chi connectivity index (χ3v) is 3.56. The number of H-pyrrole nitrogens is 1. The second-order valence-corrected chi connectivity index (χ2v) is 5.83. The Balaban J connectivity index is 2.90. The van der Waals surface area contributed by atoms with Gasteiger partial charge >= 0.3 is 11.9 Å². The molecule has 154 valence electrons. The first kappa shape index (κ1) is 22.6. The zero-order valence-corrected chi connectivity index (χ0v) is 15.0. The molecule has 13 nitrogen and oxygen atoms in total. The number of carboxylic acids is 2. The van der Waals surface area contributed by atoms with Crippen LogP contribution in [0.1, 0.15) is 19.0 Å². The number of aromatic amines is 1. The molecule has 0 spiro atoms. The summed E-state index contributed by atoms with van der Waals surface area (Å²) < 4.78 is 0. The van der Waals surface area contributed by atoms with Crippen LogP contribution in [-0.4, -0.2) is 74.5 Å². The average molecular weight is 398 g/mol. The number of carboxylic acid groups (broad SMARTS) is 2. The number of carbonyl (C=O) groups is 5. The first-order chi connectivity index (χ1) is 13.1. The van der Waals surface area contributed by atoms with Gasteiger partial charge in [-0.25, -0.2) is 9.78 Å². The molecule has 0 fully saturated rings. The normalized spacial score (nSPS) is 13.6. The topological polar surface area (TPSA) is 217 Å². The Morgan fingerprint density at radius 1 is 1.11 bits per heavy atom. The second-order valence-electron chi connectivity index (χ2n) is 5.83. The van der Waals surface area contributed by atoms with Gasteiger partial charge in [0, 0.05) is 18.3 Å². The molecule has 3 amide bonds. The molecule has 1 heterocycles. The van der Waals surface area contributed by atoms with E-state index in [4.69, 9.17) is 15.9 Å². The SMILES string of the molecule is CC(NC(=O)CN)C(=O)NC(Cc1cnc[nH]1)C(=O)NC(CC(=O)O)C(=O)O. The highest BCUT2D eigenvalue weighted by Gasteiger charge is 2.29. The summed E-state index contributed by atoms with van der Waals surface area (Å²) in [5, 5.41) is 24.6. The van der Waals surface area contributed by atoms with Crippen LogP contribution >= 0.6 is 0 Å². The Hall–Kier alpha value is -3.48. The minimum atomic E-state index is -1.68. The maximum Gasteiger partial charge on any atom is 0.326 e. The van der Waals surface area contributed by atoms with Crippen LogP contribution in [0, 0.1) is 0 Å². The summed E-state index contributed by atoms with van der Waals surface area (Å²) >= 11 is 0. The predicted octanol–water partition coefficient (Wildman–Crippen LogP) is -3.06. The Kier molecular flexibility index (Phi) is 8.55. The first-order valence-corrected chi connectivity index (χ1v) is 8.16. The van der Waals surface area contributed by atoms with Crippen molar-refractivity contribution in [2.75, 3.05) is 6.54 Å². The van der Waals surface area contributed by atoms with Crippen molar-refractivity contribution in [2.45, 2.75) is 37.9 Å². The van der Waals surface area contributed by atoms with Crippen LogP contribution in [0.3, 0.4) is 0 Å². The zero-order valence-electron chi connectivity index (χ0n) is 15.0. The molecule has 0 saturated heterocycles. The molecule has 28 heavy (non-hydrogen) atoms. The minimum absolute atomic E-state index is 0.0749. The quantitative estimate of drug-likeness (QED) is 0.201. The Bertz CT molecular complexity index is 720. The number of hydrogen-bond donors (Lipinski definition) is 7. The lowest BCUT2D eigenvalue weighted by Gasteiger charge is -2.22. The fraction of sp³-hybridized carbons (Fsp3) is 0.467. The Labute approximate surface area is 159 Å². The van der Waals surface area contributed by atoms with E-state index in [1.54, 1.807) is 0 Å². The van der Waals surface area contributed by atoms with E-state index >= 15 is 0 Å². The van der Waals surface area contributed by atoms with Gasteiger partial charge in [0.25, 0.3) is 0 Å². The Morgan fingerprint density at radius 2 is 1.75 bits per heavy atom. The molecule has 3 atom stereocenters. The summed E-state index contributed by atoms with van der Waals surface area (Å²) in [6.45, 7) is 1.05. The number of nitrogens with zero attached hydrogens (tertiary/aromatic N) is 1. The average Bonchev–Trinajstić information content (AvgIpc) is 3.12. The third kappa shape index (κ3) is 7.41. The fourth-order valence-corrected chi connectivity index (χ4v) is 2.14. The molecule has 0 saturated carbocycles. The van der Waals surface area contributed by atoms with E-state index in [-0.39, 0.29) is 13.0 Å². The highest BCUT2D eigenvalue weighted by Crippen LogP contribution is 2.02. The van der Waals surface area contributed by atoms with Gasteiger partial charge in [-0.15, -0.1) is 0 Å². The van der Waals surface area contributed by atoms with Crippen molar-refractivity contribution in [1.29, 1.82) is 0 Å². The van der Waals surface area contributed by atoms with Crippen molar-refractivity contribution in [1.82, 2.24) is 25.9 Å². The molecule has 0 aliphatic carbocycles. The van der Waals surface area contributed by atoms with Crippen LogP contribution in [-0.2, 0) is 30.4 Å². The van der Waals surface area contributed by atoms with Crippen molar-refractivity contribution >= 4 is 29.7 Å². The van der Waals surface area contributed by atoms with Gasteiger partial charge in [0.2, 0.25) is 17.7 Å². The van der Waals surface area contributed by atoms with Crippen LogP contribution in [0.5, 0.6) is 0 Å². The van der Waals surface area contributed by atoms with E-state index in [0.717, 1.165) is 0 Å². The number of amides is 3. The van der Waals surface area contributed by atoms with Gasteiger partial charge in [-0.1, -0.05) is 0 Å². The monoisotopic (exact) mass is 398 g/mol. The molecule has 0 aromatic carbocycles. The van der Waals surface area contributed by atoms with Gasteiger partial charge in [-0.2, -0.15) is 0 Å². The number of aromatic nitrogens is 2. The lowest BCUT2D eigenvalue weighted by Crippen LogP contribution is -2.56. The van der Waals surface area contributed by atoms with E-state index < -0.39 is 54.2 Å². The van der Waals surface area contributed by atoms with Gasteiger partial charge in [0.15, 0.2) is 0 Å². The number of carbonyl (C=O) groups excluding carboxylic acids is 3. The molecular weight excluding hydrogens is 376 g/mol. The molecule has 0 bridgehead atoms. The number of nitrogens with two attached hydrogens (primary N) is 1. The Morgan fingerprint density at radius 3 is 2.25 bits per heavy atom. The van der Waals surface area contributed by atoms with E-state index in [9.17, 15) is 24.0 Å². The van der Waals surface area contributed by atoms with Gasteiger partial charge < -0.3 is 36.9 Å². The number of nitrogens with one attached hydrogen (secondary N) is 4. The number of hydrogen-bond acceptors (Lipinski definition) is 7. The highest BCUT2D eigenvalue weighted by molar-refractivity contribution is 5.94. The van der Waals surface area contributed by atoms with E-state index in [2.05, 4.69) is 25.9 Å². The maximum absolute atomic E-state index is 12.5. The predicted molar refractivity (Wildman–Crippen MR) is 92.7 cm³/mol. The van der Waals surface area contributed by atoms with E-state index in [0.29, 0.717) is 5.69 Å². The molecule has 1 rings (SSSR count). The molecule has 1 aromatic rings. The number of aliphatic carboxylic acids is 2. The van der Waals surface area contributed by atoms with Crippen LogP contribution in [0.4, 0.5) is 0 Å². The van der Waals surface area contributed by atoms with Crippen molar-refractivity contribution in [2.24, 2.45) is 5.73 Å². The summed E-state index contributed by atoms with van der Waals surface area (Å²) in [5.41, 5.74) is 5.62.